The van der Waals surface area contributed by atoms with E-state index in [-0.39, 0.29) is 12.5 Å². The van der Waals surface area contributed by atoms with Crippen molar-refractivity contribution < 1.29 is 22.7 Å². The fraction of sp³-hybridized carbons (Fsp3) is 0.321. The third-order valence-electron chi connectivity index (χ3n) is 5.68. The molecule has 1 amide bonds. The van der Waals surface area contributed by atoms with Crippen molar-refractivity contribution in [3.05, 3.63) is 83.0 Å². The summed E-state index contributed by atoms with van der Waals surface area (Å²) in [4.78, 5) is 18.9. The third kappa shape index (κ3) is 7.67. The van der Waals surface area contributed by atoms with Crippen LogP contribution in [0.2, 0.25) is 0 Å². The molecule has 0 aliphatic rings. The van der Waals surface area contributed by atoms with Crippen LogP contribution in [0.5, 0.6) is 5.75 Å². The highest BCUT2D eigenvalue weighted by atomic mass is 32.1. The number of likely N-dealkylation sites (N-methyl/N-ethyl adjacent to an activating group) is 1. The molecule has 0 saturated heterocycles. The first-order chi connectivity index (χ1) is 18.0. The number of amides is 1. The molecule has 0 unspecified atom stereocenters. The van der Waals surface area contributed by atoms with Crippen LogP contribution in [0.15, 0.2) is 66.9 Å². The van der Waals surface area contributed by atoms with Crippen LogP contribution in [0.4, 0.5) is 13.2 Å². The summed E-state index contributed by atoms with van der Waals surface area (Å²) < 4.78 is 48.7. The van der Waals surface area contributed by atoms with Gasteiger partial charge in [-0.1, -0.05) is 38.6 Å². The lowest BCUT2D eigenvalue weighted by Crippen LogP contribution is -2.25. The largest absolute Gasteiger partial charge is 0.487 e. The molecule has 0 bridgehead atoms. The van der Waals surface area contributed by atoms with Crippen molar-refractivity contribution in [3.8, 4) is 17.1 Å². The molecular formula is C28H31F3N4O2S. The molecule has 6 nitrogen and oxygen atoms in total. The highest BCUT2D eigenvalue weighted by molar-refractivity contribution is 7.06. The SMILES string of the molecule is C=C/C(=C(/COc1ccc(C(F)(F)F)cc1)N(C)C)c1nc(-c2ccc(C(=O)NCCC(C)C)cc2)ns1. The van der Waals surface area contributed by atoms with Crippen molar-refractivity contribution in [1.29, 1.82) is 0 Å². The second-order valence-electron chi connectivity index (χ2n) is 9.21. The Kier molecular flexibility index (Phi) is 9.68. The third-order valence-corrected chi connectivity index (χ3v) is 6.43. The summed E-state index contributed by atoms with van der Waals surface area (Å²) >= 11 is 1.20. The lowest BCUT2D eigenvalue weighted by Gasteiger charge is -2.20. The maximum atomic E-state index is 12.8. The van der Waals surface area contributed by atoms with Gasteiger partial charge < -0.3 is 15.0 Å². The van der Waals surface area contributed by atoms with E-state index in [0.29, 0.717) is 40.2 Å². The van der Waals surface area contributed by atoms with Gasteiger partial charge in [0.1, 0.15) is 17.4 Å². The van der Waals surface area contributed by atoms with E-state index in [9.17, 15) is 18.0 Å². The Morgan fingerprint density at radius 3 is 2.34 bits per heavy atom. The number of nitrogens with one attached hydrogen (secondary N) is 1. The fourth-order valence-corrected chi connectivity index (χ4v) is 4.21. The maximum absolute atomic E-state index is 12.8. The summed E-state index contributed by atoms with van der Waals surface area (Å²) in [5, 5.41) is 3.54. The van der Waals surface area contributed by atoms with Crippen molar-refractivity contribution >= 4 is 23.0 Å². The molecule has 0 aliphatic carbocycles. The molecule has 3 rings (SSSR count). The highest BCUT2D eigenvalue weighted by Crippen LogP contribution is 2.31. The van der Waals surface area contributed by atoms with Crippen molar-refractivity contribution in [2.24, 2.45) is 5.92 Å². The number of rotatable bonds is 11. The summed E-state index contributed by atoms with van der Waals surface area (Å²) in [7, 11) is 3.67. The van der Waals surface area contributed by atoms with Gasteiger partial charge in [0.25, 0.3) is 5.91 Å². The molecule has 202 valence electrons. The Hall–Kier alpha value is -3.66. The van der Waals surface area contributed by atoms with E-state index < -0.39 is 11.7 Å². The molecule has 0 aliphatic heterocycles. The van der Waals surface area contributed by atoms with Gasteiger partial charge in [0.15, 0.2) is 5.82 Å². The van der Waals surface area contributed by atoms with Crippen LogP contribution in [-0.2, 0) is 6.18 Å². The van der Waals surface area contributed by atoms with E-state index in [1.807, 2.05) is 19.0 Å². The summed E-state index contributed by atoms with van der Waals surface area (Å²) in [5.74, 6) is 1.22. The maximum Gasteiger partial charge on any atom is 0.416 e. The van der Waals surface area contributed by atoms with Crippen molar-refractivity contribution in [1.82, 2.24) is 19.6 Å². The minimum absolute atomic E-state index is 0.0925. The Balaban J connectivity index is 1.75. The van der Waals surface area contributed by atoms with Crippen LogP contribution in [0.3, 0.4) is 0 Å². The number of halogens is 3. The van der Waals surface area contributed by atoms with E-state index in [1.54, 1.807) is 30.3 Å². The normalized spacial score (nSPS) is 12.2. The van der Waals surface area contributed by atoms with Gasteiger partial charge >= 0.3 is 6.18 Å². The number of aromatic nitrogens is 2. The number of carbonyl (C=O) groups excluding carboxylic acids is 1. The first-order valence-corrected chi connectivity index (χ1v) is 12.8. The van der Waals surface area contributed by atoms with Gasteiger partial charge in [-0.05, 0) is 60.3 Å². The zero-order chi connectivity index (χ0) is 27.9. The van der Waals surface area contributed by atoms with Gasteiger partial charge in [-0.2, -0.15) is 17.5 Å². The number of alkyl halides is 3. The van der Waals surface area contributed by atoms with Crippen LogP contribution in [-0.4, -0.2) is 47.4 Å². The molecule has 3 aromatic rings. The summed E-state index contributed by atoms with van der Waals surface area (Å²) in [6.45, 7) is 8.85. The van der Waals surface area contributed by atoms with E-state index in [1.165, 1.54) is 23.7 Å². The fourth-order valence-electron chi connectivity index (χ4n) is 3.47. The number of allylic oxidation sites excluding steroid dienone is 2. The molecule has 1 aromatic heterocycles. The minimum atomic E-state index is -4.40. The average Bonchev–Trinajstić information content (AvgIpc) is 3.35. The molecular weight excluding hydrogens is 513 g/mol. The number of carbonyl (C=O) groups is 1. The van der Waals surface area contributed by atoms with E-state index in [0.717, 1.165) is 29.8 Å². The van der Waals surface area contributed by atoms with E-state index in [2.05, 4.69) is 35.1 Å². The van der Waals surface area contributed by atoms with Crippen LogP contribution in [0.25, 0.3) is 17.0 Å². The van der Waals surface area contributed by atoms with Crippen molar-refractivity contribution in [2.75, 3.05) is 27.2 Å². The minimum Gasteiger partial charge on any atom is -0.487 e. The van der Waals surface area contributed by atoms with Gasteiger partial charge in [0, 0.05) is 37.3 Å². The smallest absolute Gasteiger partial charge is 0.416 e. The van der Waals surface area contributed by atoms with Gasteiger partial charge in [-0.15, -0.1) is 0 Å². The van der Waals surface area contributed by atoms with Gasteiger partial charge in [-0.3, -0.25) is 4.79 Å². The highest BCUT2D eigenvalue weighted by Gasteiger charge is 2.30. The quantitative estimate of drug-likeness (QED) is 0.278. The average molecular weight is 545 g/mol. The molecule has 1 heterocycles. The first kappa shape index (κ1) is 28.9. The lowest BCUT2D eigenvalue weighted by atomic mass is 10.1. The van der Waals surface area contributed by atoms with Crippen LogP contribution in [0.1, 0.15) is 41.2 Å². The molecule has 0 spiro atoms. The van der Waals surface area contributed by atoms with Gasteiger partial charge in [-0.25, -0.2) is 4.98 Å². The molecule has 1 N–H and O–H groups in total. The molecule has 10 heteroatoms. The molecule has 2 aromatic carbocycles. The van der Waals surface area contributed by atoms with Crippen LogP contribution in [0, 0.1) is 5.92 Å². The van der Waals surface area contributed by atoms with Crippen molar-refractivity contribution in [3.63, 3.8) is 0 Å². The number of ether oxygens (including phenoxy) is 1. The lowest BCUT2D eigenvalue weighted by molar-refractivity contribution is -0.137. The summed E-state index contributed by atoms with van der Waals surface area (Å²) in [6.07, 6.45) is -1.84. The number of hydrogen-bond acceptors (Lipinski definition) is 6. The Morgan fingerprint density at radius 2 is 1.79 bits per heavy atom. The number of nitrogens with zero attached hydrogens (tertiary/aromatic N) is 3. The molecule has 0 radical (unpaired) electrons. The molecule has 38 heavy (non-hydrogen) atoms. The van der Waals surface area contributed by atoms with Crippen LogP contribution >= 0.6 is 11.5 Å². The zero-order valence-electron chi connectivity index (χ0n) is 21.8. The zero-order valence-corrected chi connectivity index (χ0v) is 22.6. The second-order valence-corrected chi connectivity index (χ2v) is 9.96. The number of benzene rings is 2. The predicted molar refractivity (Wildman–Crippen MR) is 145 cm³/mol. The van der Waals surface area contributed by atoms with Gasteiger partial charge in [0.05, 0.1) is 11.3 Å². The summed E-state index contributed by atoms with van der Waals surface area (Å²) in [6, 6.07) is 11.7. The van der Waals surface area contributed by atoms with E-state index in [4.69, 9.17) is 4.74 Å². The summed E-state index contributed by atoms with van der Waals surface area (Å²) in [5.41, 5.74) is 2.03. The Morgan fingerprint density at radius 1 is 1.13 bits per heavy atom. The molecule has 0 atom stereocenters. The van der Waals surface area contributed by atoms with Crippen molar-refractivity contribution in [2.45, 2.75) is 26.4 Å². The second kappa shape index (κ2) is 12.7. The molecule has 0 saturated carbocycles. The Bertz CT molecular complexity index is 1260. The Labute approximate surface area is 225 Å². The first-order valence-electron chi connectivity index (χ1n) is 12.0. The standard InChI is InChI=1S/C28H31F3N4O2S/c1-6-23(24(35(4)5)17-37-22-13-11-21(12-14-22)28(29,30)31)27-33-25(34-38-27)19-7-9-20(10-8-19)26(36)32-16-15-18(2)3/h6-14,18H,1,15-17H2,2-5H3,(H,32,36)/b24-23+. The molecule has 0 fully saturated rings. The predicted octanol–water partition coefficient (Wildman–Crippen LogP) is 6.54. The van der Waals surface area contributed by atoms with E-state index >= 15 is 0 Å². The topological polar surface area (TPSA) is 67.3 Å². The number of hydrogen-bond donors (Lipinski definition) is 1. The monoisotopic (exact) mass is 544 g/mol. The van der Waals surface area contributed by atoms with Gasteiger partial charge in [0.2, 0.25) is 0 Å². The van der Waals surface area contributed by atoms with Crippen LogP contribution < -0.4 is 10.1 Å².